The molecule has 24 heavy (non-hydrogen) atoms. The number of hydrogen-bond acceptors (Lipinski definition) is 4. The topological polar surface area (TPSA) is 76.5 Å². The van der Waals surface area contributed by atoms with Crippen molar-refractivity contribution in [3.05, 3.63) is 47.8 Å². The maximum Gasteiger partial charge on any atom is 0.338 e. The van der Waals surface area contributed by atoms with Gasteiger partial charge in [0.05, 0.1) is 18.2 Å². The van der Waals surface area contributed by atoms with E-state index in [0.717, 1.165) is 24.9 Å². The number of anilines is 1. The summed E-state index contributed by atoms with van der Waals surface area (Å²) in [5.74, 6) is -0.304. The van der Waals surface area contributed by atoms with Gasteiger partial charge < -0.3 is 15.0 Å². The third-order valence-electron chi connectivity index (χ3n) is 4.53. The van der Waals surface area contributed by atoms with Crippen molar-refractivity contribution < 1.29 is 14.3 Å². The Morgan fingerprint density at radius 2 is 2.33 bits per heavy atom. The van der Waals surface area contributed by atoms with Crippen molar-refractivity contribution in [2.24, 2.45) is 0 Å². The summed E-state index contributed by atoms with van der Waals surface area (Å²) in [5.41, 5.74) is 2.07. The van der Waals surface area contributed by atoms with E-state index in [1.807, 2.05) is 21.8 Å². The molecular weight excluding hydrogens is 308 g/mol. The lowest BCUT2D eigenvalue weighted by molar-refractivity contribution is 0.0535. The fraction of sp³-hybridized carbons (Fsp3) is 0.353. The van der Waals surface area contributed by atoms with Crippen LogP contribution in [-0.4, -0.2) is 39.3 Å². The maximum absolute atomic E-state index is 12.6. The molecule has 1 aromatic heterocycles. The van der Waals surface area contributed by atoms with Crippen molar-refractivity contribution in [2.75, 3.05) is 11.9 Å². The van der Waals surface area contributed by atoms with E-state index in [0.29, 0.717) is 17.8 Å². The van der Waals surface area contributed by atoms with Crippen LogP contribution in [0.15, 0.2) is 36.7 Å². The van der Waals surface area contributed by atoms with Crippen LogP contribution in [0.2, 0.25) is 0 Å². The van der Waals surface area contributed by atoms with Crippen LogP contribution in [0, 0.1) is 0 Å². The third kappa shape index (κ3) is 2.73. The molecule has 0 aliphatic carbocycles. The van der Waals surface area contributed by atoms with Crippen molar-refractivity contribution >= 4 is 17.7 Å². The second-order valence-electron chi connectivity index (χ2n) is 6.10. The van der Waals surface area contributed by atoms with Crippen molar-refractivity contribution in [3.8, 4) is 0 Å². The summed E-state index contributed by atoms with van der Waals surface area (Å²) in [5, 5.41) is 7.14. The van der Waals surface area contributed by atoms with E-state index in [-0.39, 0.29) is 24.6 Å². The lowest BCUT2D eigenvalue weighted by Gasteiger charge is -2.25. The van der Waals surface area contributed by atoms with Crippen LogP contribution in [-0.2, 0) is 17.9 Å². The number of ether oxygens (including phenoxy) is 1. The first-order chi connectivity index (χ1) is 11.7. The summed E-state index contributed by atoms with van der Waals surface area (Å²) in [6.07, 6.45) is 5.62. The minimum absolute atomic E-state index is 0.116. The number of esters is 1. The van der Waals surface area contributed by atoms with Gasteiger partial charge in [-0.2, -0.15) is 5.10 Å². The molecule has 1 atom stereocenters. The Bertz CT molecular complexity index is 772. The number of urea groups is 1. The van der Waals surface area contributed by atoms with Gasteiger partial charge in [0.15, 0.2) is 0 Å². The predicted octanol–water partition coefficient (Wildman–Crippen LogP) is 2.25. The molecule has 2 amide bonds. The van der Waals surface area contributed by atoms with Gasteiger partial charge in [0.25, 0.3) is 0 Å². The molecule has 7 heteroatoms. The lowest BCUT2D eigenvalue weighted by atomic mass is 10.1. The second-order valence-corrected chi connectivity index (χ2v) is 6.10. The highest BCUT2D eigenvalue weighted by molar-refractivity contribution is 5.95. The first-order valence-corrected chi connectivity index (χ1v) is 8.06. The van der Waals surface area contributed by atoms with Gasteiger partial charge in [-0.1, -0.05) is 0 Å². The summed E-state index contributed by atoms with van der Waals surface area (Å²) in [6.45, 7) is 1.71. The molecule has 1 saturated heterocycles. The van der Waals surface area contributed by atoms with Crippen LogP contribution in [0.3, 0.4) is 0 Å². The number of carbonyl (C=O) groups is 2. The largest absolute Gasteiger partial charge is 0.457 e. The molecule has 2 aliphatic heterocycles. The fourth-order valence-electron chi connectivity index (χ4n) is 3.32. The lowest BCUT2D eigenvalue weighted by Crippen LogP contribution is -2.40. The number of aromatic nitrogens is 2. The standard InChI is InChI=1S/C17H18N4O3/c22-16-15-5-4-13(9-12(15)11-24-16)19-17(23)21-8-1-3-14(21)10-20-7-2-6-18-20/h2,4-7,9,14H,1,3,8,10-11H2,(H,19,23)/t14-/m1/s1. The number of fused-ring (bicyclic) bond motifs is 1. The van der Waals surface area contributed by atoms with Crippen LogP contribution < -0.4 is 5.32 Å². The minimum atomic E-state index is -0.304. The van der Waals surface area contributed by atoms with Gasteiger partial charge in [0, 0.05) is 30.2 Å². The zero-order chi connectivity index (χ0) is 16.5. The molecule has 0 bridgehead atoms. The molecule has 7 nitrogen and oxygen atoms in total. The molecular formula is C17H18N4O3. The van der Waals surface area contributed by atoms with E-state index in [9.17, 15) is 9.59 Å². The number of amides is 2. The number of likely N-dealkylation sites (tertiary alicyclic amines) is 1. The van der Waals surface area contributed by atoms with Crippen LogP contribution in [0.5, 0.6) is 0 Å². The highest BCUT2D eigenvalue weighted by Crippen LogP contribution is 2.25. The van der Waals surface area contributed by atoms with Crippen molar-refractivity contribution in [3.63, 3.8) is 0 Å². The summed E-state index contributed by atoms with van der Waals surface area (Å²) < 4.78 is 6.84. The van der Waals surface area contributed by atoms with E-state index in [1.165, 1.54) is 0 Å². The summed E-state index contributed by atoms with van der Waals surface area (Å²) in [7, 11) is 0. The highest BCUT2D eigenvalue weighted by Gasteiger charge is 2.29. The number of carbonyl (C=O) groups excluding carboxylic acids is 2. The van der Waals surface area contributed by atoms with E-state index in [2.05, 4.69) is 10.4 Å². The first-order valence-electron chi connectivity index (χ1n) is 8.06. The molecule has 2 aromatic rings. The van der Waals surface area contributed by atoms with Crippen molar-refractivity contribution in [1.29, 1.82) is 0 Å². The summed E-state index contributed by atoms with van der Waals surface area (Å²) >= 11 is 0. The number of cyclic esters (lactones) is 1. The van der Waals surface area contributed by atoms with Gasteiger partial charge in [0.2, 0.25) is 0 Å². The Morgan fingerprint density at radius 1 is 1.42 bits per heavy atom. The number of nitrogens with zero attached hydrogens (tertiary/aromatic N) is 3. The predicted molar refractivity (Wildman–Crippen MR) is 86.5 cm³/mol. The average molecular weight is 326 g/mol. The average Bonchev–Trinajstić information content (AvgIpc) is 3.30. The molecule has 124 valence electrons. The highest BCUT2D eigenvalue weighted by atomic mass is 16.5. The molecule has 1 fully saturated rings. The number of rotatable bonds is 3. The van der Waals surface area contributed by atoms with Crippen LogP contribution in [0.1, 0.15) is 28.8 Å². The summed E-state index contributed by atoms with van der Waals surface area (Å²) in [4.78, 5) is 25.9. The Balaban J connectivity index is 1.44. The zero-order valence-corrected chi connectivity index (χ0v) is 13.1. The maximum atomic E-state index is 12.6. The van der Waals surface area contributed by atoms with Gasteiger partial charge >= 0.3 is 12.0 Å². The molecule has 1 aromatic carbocycles. The van der Waals surface area contributed by atoms with E-state index in [4.69, 9.17) is 4.74 Å². The second kappa shape index (κ2) is 5.99. The number of hydrogen-bond donors (Lipinski definition) is 1. The van der Waals surface area contributed by atoms with E-state index < -0.39 is 0 Å². The zero-order valence-electron chi connectivity index (χ0n) is 13.1. The summed E-state index contributed by atoms with van der Waals surface area (Å²) in [6, 6.07) is 7.15. The van der Waals surface area contributed by atoms with Gasteiger partial charge in [-0.25, -0.2) is 9.59 Å². The number of nitrogens with one attached hydrogen (secondary N) is 1. The number of benzene rings is 1. The smallest absolute Gasteiger partial charge is 0.338 e. The molecule has 4 rings (SSSR count). The van der Waals surface area contributed by atoms with Gasteiger partial charge in [0.1, 0.15) is 6.61 Å². The normalized spacial score (nSPS) is 19.2. The Kier molecular flexibility index (Phi) is 3.68. The van der Waals surface area contributed by atoms with Crippen molar-refractivity contribution in [2.45, 2.75) is 32.0 Å². The fourth-order valence-corrected chi connectivity index (χ4v) is 3.32. The van der Waals surface area contributed by atoms with Gasteiger partial charge in [-0.3, -0.25) is 4.68 Å². The minimum Gasteiger partial charge on any atom is -0.457 e. The molecule has 3 heterocycles. The quantitative estimate of drug-likeness (QED) is 0.878. The van der Waals surface area contributed by atoms with Gasteiger partial charge in [-0.15, -0.1) is 0 Å². The van der Waals surface area contributed by atoms with Crippen LogP contribution in [0.4, 0.5) is 10.5 Å². The third-order valence-corrected chi connectivity index (χ3v) is 4.53. The molecule has 0 radical (unpaired) electrons. The Hall–Kier alpha value is -2.83. The van der Waals surface area contributed by atoms with E-state index in [1.54, 1.807) is 24.4 Å². The van der Waals surface area contributed by atoms with Crippen molar-refractivity contribution in [1.82, 2.24) is 14.7 Å². The molecule has 0 saturated carbocycles. The van der Waals surface area contributed by atoms with E-state index >= 15 is 0 Å². The molecule has 0 spiro atoms. The van der Waals surface area contributed by atoms with Gasteiger partial charge in [-0.05, 0) is 37.1 Å². The Morgan fingerprint density at radius 3 is 3.17 bits per heavy atom. The van der Waals surface area contributed by atoms with Crippen LogP contribution >= 0.6 is 0 Å². The Labute approximate surface area is 139 Å². The SMILES string of the molecule is O=C1OCc2cc(NC(=O)N3CCC[C@@H]3Cn3cccn3)ccc21. The first kappa shape index (κ1) is 14.7. The molecule has 2 aliphatic rings. The van der Waals surface area contributed by atoms with Crippen LogP contribution in [0.25, 0.3) is 0 Å². The molecule has 1 N–H and O–H groups in total. The molecule has 0 unspecified atom stereocenters. The monoisotopic (exact) mass is 326 g/mol.